The summed E-state index contributed by atoms with van der Waals surface area (Å²) in [7, 11) is 0. The third kappa shape index (κ3) is 4.34. The average Bonchev–Trinajstić information content (AvgIpc) is 2.79. The fraction of sp³-hybridized carbons (Fsp3) is 0.375. The lowest BCUT2D eigenvalue weighted by atomic mass is 10.1. The van der Waals surface area contributed by atoms with Crippen LogP contribution in [-0.4, -0.2) is 6.04 Å². The zero-order chi connectivity index (χ0) is 13.8. The van der Waals surface area contributed by atoms with Gasteiger partial charge in [0, 0.05) is 26.9 Å². The minimum Gasteiger partial charge on any atom is -0.307 e. The van der Waals surface area contributed by atoms with Crippen molar-refractivity contribution in [3.8, 4) is 0 Å². The molecule has 0 saturated carbocycles. The Balaban J connectivity index is 1.90. The Labute approximate surface area is 124 Å². The molecule has 19 heavy (non-hydrogen) atoms. The molecular formula is C16H20ClNS. The van der Waals surface area contributed by atoms with Crippen molar-refractivity contribution < 1.29 is 0 Å². The van der Waals surface area contributed by atoms with E-state index in [4.69, 9.17) is 11.6 Å². The molecule has 1 aromatic carbocycles. The van der Waals surface area contributed by atoms with Crippen LogP contribution >= 0.6 is 22.9 Å². The average molecular weight is 294 g/mol. The minimum atomic E-state index is 0.404. The maximum Gasteiger partial charge on any atom is 0.0406 e. The molecule has 2 rings (SSSR count). The van der Waals surface area contributed by atoms with Gasteiger partial charge in [-0.05, 0) is 57.0 Å². The summed E-state index contributed by atoms with van der Waals surface area (Å²) in [5.74, 6) is 0. The number of nitrogens with one attached hydrogen (secondary N) is 1. The summed E-state index contributed by atoms with van der Waals surface area (Å²) >= 11 is 7.77. The number of thiophene rings is 1. The molecule has 0 aliphatic heterocycles. The van der Waals surface area contributed by atoms with Crippen molar-refractivity contribution in [1.29, 1.82) is 0 Å². The van der Waals surface area contributed by atoms with Gasteiger partial charge in [-0.2, -0.15) is 0 Å². The predicted molar refractivity (Wildman–Crippen MR) is 85.2 cm³/mol. The first-order valence-corrected chi connectivity index (χ1v) is 7.81. The van der Waals surface area contributed by atoms with Gasteiger partial charge < -0.3 is 5.32 Å². The van der Waals surface area contributed by atoms with E-state index in [-0.39, 0.29) is 0 Å². The van der Waals surface area contributed by atoms with Gasteiger partial charge in [0.15, 0.2) is 0 Å². The molecule has 2 atom stereocenters. The van der Waals surface area contributed by atoms with Crippen molar-refractivity contribution in [2.45, 2.75) is 39.3 Å². The third-order valence-corrected chi connectivity index (χ3v) is 4.61. The van der Waals surface area contributed by atoms with E-state index in [2.05, 4.69) is 50.4 Å². The van der Waals surface area contributed by atoms with Crippen LogP contribution in [0.5, 0.6) is 0 Å². The zero-order valence-corrected chi connectivity index (χ0v) is 13.2. The molecule has 0 fully saturated rings. The summed E-state index contributed by atoms with van der Waals surface area (Å²) in [6.45, 7) is 6.60. The predicted octanol–water partition coefficient (Wildman–Crippen LogP) is 4.99. The minimum absolute atomic E-state index is 0.404. The summed E-state index contributed by atoms with van der Waals surface area (Å²) in [4.78, 5) is 2.77. The Morgan fingerprint density at radius 3 is 2.37 bits per heavy atom. The molecular weight excluding hydrogens is 274 g/mol. The SMILES string of the molecule is Cc1ccc(C(C)NC(C)Cc2ccc(Cl)cc2)s1. The first-order valence-electron chi connectivity index (χ1n) is 6.61. The molecule has 1 heterocycles. The van der Waals surface area contributed by atoms with Crippen molar-refractivity contribution >= 4 is 22.9 Å². The third-order valence-electron chi connectivity index (χ3n) is 3.18. The molecule has 1 aromatic heterocycles. The quantitative estimate of drug-likeness (QED) is 0.819. The van der Waals surface area contributed by atoms with Gasteiger partial charge in [0.05, 0.1) is 0 Å². The van der Waals surface area contributed by atoms with Crippen molar-refractivity contribution in [3.63, 3.8) is 0 Å². The number of benzene rings is 1. The normalized spacial score (nSPS) is 14.3. The van der Waals surface area contributed by atoms with E-state index in [1.165, 1.54) is 15.3 Å². The molecule has 0 spiro atoms. The van der Waals surface area contributed by atoms with Gasteiger partial charge >= 0.3 is 0 Å². The summed E-state index contributed by atoms with van der Waals surface area (Å²) in [5.41, 5.74) is 1.32. The van der Waals surface area contributed by atoms with E-state index in [1.54, 1.807) is 0 Å². The summed E-state index contributed by atoms with van der Waals surface area (Å²) in [6, 6.07) is 13.3. The van der Waals surface area contributed by atoms with Crippen LogP contribution in [0.4, 0.5) is 0 Å². The molecule has 0 amide bonds. The lowest BCUT2D eigenvalue weighted by Crippen LogP contribution is -2.30. The van der Waals surface area contributed by atoms with Gasteiger partial charge in [0.2, 0.25) is 0 Å². The van der Waals surface area contributed by atoms with E-state index >= 15 is 0 Å². The van der Waals surface area contributed by atoms with E-state index in [1.807, 2.05) is 23.5 Å². The Morgan fingerprint density at radius 1 is 1.11 bits per heavy atom. The second-order valence-electron chi connectivity index (χ2n) is 5.07. The largest absolute Gasteiger partial charge is 0.307 e. The van der Waals surface area contributed by atoms with E-state index < -0.39 is 0 Å². The van der Waals surface area contributed by atoms with Crippen molar-refractivity contribution in [2.24, 2.45) is 0 Å². The molecule has 0 saturated heterocycles. The first kappa shape index (κ1) is 14.6. The van der Waals surface area contributed by atoms with Crippen LogP contribution < -0.4 is 5.32 Å². The van der Waals surface area contributed by atoms with E-state index in [0.717, 1.165) is 11.4 Å². The van der Waals surface area contributed by atoms with Crippen LogP contribution in [0, 0.1) is 6.92 Å². The zero-order valence-electron chi connectivity index (χ0n) is 11.6. The molecule has 0 bridgehead atoms. The van der Waals surface area contributed by atoms with Gasteiger partial charge in [0.1, 0.15) is 0 Å². The van der Waals surface area contributed by atoms with Gasteiger partial charge in [-0.15, -0.1) is 11.3 Å². The van der Waals surface area contributed by atoms with Gasteiger partial charge in [-0.3, -0.25) is 0 Å². The fourth-order valence-corrected chi connectivity index (χ4v) is 3.24. The maximum absolute atomic E-state index is 5.90. The molecule has 0 aliphatic rings. The second kappa shape index (κ2) is 6.56. The summed E-state index contributed by atoms with van der Waals surface area (Å²) in [5, 5.41) is 4.45. The maximum atomic E-state index is 5.90. The number of hydrogen-bond donors (Lipinski definition) is 1. The monoisotopic (exact) mass is 293 g/mol. The van der Waals surface area contributed by atoms with Gasteiger partial charge in [0.25, 0.3) is 0 Å². The van der Waals surface area contributed by atoms with Crippen LogP contribution in [0.3, 0.4) is 0 Å². The van der Waals surface area contributed by atoms with Crippen LogP contribution in [0.25, 0.3) is 0 Å². The van der Waals surface area contributed by atoms with Crippen molar-refractivity contribution in [2.75, 3.05) is 0 Å². The van der Waals surface area contributed by atoms with Crippen LogP contribution in [0.15, 0.2) is 36.4 Å². The van der Waals surface area contributed by atoms with Crippen LogP contribution in [0.2, 0.25) is 5.02 Å². The molecule has 3 heteroatoms. The van der Waals surface area contributed by atoms with Crippen LogP contribution in [-0.2, 0) is 6.42 Å². The molecule has 1 nitrogen and oxygen atoms in total. The summed E-state index contributed by atoms with van der Waals surface area (Å²) in [6.07, 6.45) is 1.02. The lowest BCUT2D eigenvalue weighted by Gasteiger charge is -2.19. The molecule has 0 radical (unpaired) electrons. The summed E-state index contributed by atoms with van der Waals surface area (Å²) < 4.78 is 0. The van der Waals surface area contributed by atoms with Crippen molar-refractivity contribution in [3.05, 3.63) is 56.7 Å². The highest BCUT2D eigenvalue weighted by atomic mass is 35.5. The highest BCUT2D eigenvalue weighted by Gasteiger charge is 2.11. The van der Waals surface area contributed by atoms with Crippen molar-refractivity contribution in [1.82, 2.24) is 5.32 Å². The smallest absolute Gasteiger partial charge is 0.0406 e. The lowest BCUT2D eigenvalue weighted by molar-refractivity contribution is 0.482. The highest BCUT2D eigenvalue weighted by molar-refractivity contribution is 7.12. The van der Waals surface area contributed by atoms with Crippen LogP contribution in [0.1, 0.15) is 35.2 Å². The topological polar surface area (TPSA) is 12.0 Å². The van der Waals surface area contributed by atoms with Gasteiger partial charge in [-0.1, -0.05) is 23.7 Å². The number of hydrogen-bond acceptors (Lipinski definition) is 2. The fourth-order valence-electron chi connectivity index (χ4n) is 2.23. The molecule has 1 N–H and O–H groups in total. The highest BCUT2D eigenvalue weighted by Crippen LogP contribution is 2.23. The Bertz CT molecular complexity index is 518. The van der Waals surface area contributed by atoms with E-state index in [9.17, 15) is 0 Å². The molecule has 102 valence electrons. The Morgan fingerprint density at radius 2 is 1.79 bits per heavy atom. The first-order chi connectivity index (χ1) is 9.04. The number of halogens is 1. The molecule has 2 unspecified atom stereocenters. The Hall–Kier alpha value is -0.830. The van der Waals surface area contributed by atoms with E-state index in [0.29, 0.717) is 12.1 Å². The molecule has 0 aliphatic carbocycles. The Kier molecular flexibility index (Phi) is 5.03. The number of aryl methyl sites for hydroxylation is 1. The number of rotatable bonds is 5. The standard InChI is InChI=1S/C16H20ClNS/c1-11(10-14-5-7-15(17)8-6-14)18-13(3)16-9-4-12(2)19-16/h4-9,11,13,18H,10H2,1-3H3. The molecule has 2 aromatic rings. The second-order valence-corrected chi connectivity index (χ2v) is 6.82. The van der Waals surface area contributed by atoms with Gasteiger partial charge in [-0.25, -0.2) is 0 Å².